The summed E-state index contributed by atoms with van der Waals surface area (Å²) in [6.07, 6.45) is 4.43. The van der Waals surface area contributed by atoms with Crippen LogP contribution in [0.15, 0.2) is 12.4 Å². The Morgan fingerprint density at radius 1 is 1.36 bits per heavy atom. The summed E-state index contributed by atoms with van der Waals surface area (Å²) in [4.78, 5) is 7.70. The number of hydrogen-bond acceptors (Lipinski definition) is 3. The molecule has 1 aromatic rings. The molecule has 0 spiro atoms. The molecule has 1 aromatic heterocycles. The van der Waals surface area contributed by atoms with Crippen LogP contribution in [0.1, 0.15) is 33.6 Å². The fourth-order valence-corrected chi connectivity index (χ4v) is 1.37. The number of rotatable bonds is 4. The van der Waals surface area contributed by atoms with E-state index in [1.165, 1.54) is 0 Å². The van der Waals surface area contributed by atoms with Crippen LogP contribution >= 0.6 is 0 Å². The first-order chi connectivity index (χ1) is 6.53. The number of nitrogens with one attached hydrogen (secondary N) is 1. The predicted octanol–water partition coefficient (Wildman–Crippen LogP) is 2.61. The molecule has 0 unspecified atom stereocenters. The molecule has 0 fully saturated rings. The largest absolute Gasteiger partial charge is 0.349 e. The molecular weight excluding hydrogens is 181 g/mol. The summed E-state index contributed by atoms with van der Waals surface area (Å²) in [5.74, 6) is 0.0636. The topological polar surface area (TPSA) is 37.8 Å². The zero-order chi connectivity index (χ0) is 10.6. The van der Waals surface area contributed by atoms with Crippen LogP contribution in [-0.4, -0.2) is 15.5 Å². The van der Waals surface area contributed by atoms with E-state index in [1.54, 1.807) is 0 Å². The minimum Gasteiger partial charge on any atom is -0.349 e. The molecule has 0 atom stereocenters. The molecule has 78 valence electrons. The monoisotopic (exact) mass is 197 g/mol. The molecule has 4 heteroatoms. The van der Waals surface area contributed by atoms with Gasteiger partial charge in [-0.25, -0.2) is 14.4 Å². The third-order valence-corrected chi connectivity index (χ3v) is 1.95. The van der Waals surface area contributed by atoms with Crippen LogP contribution in [-0.2, 0) is 0 Å². The molecular formula is C10H16FN3. The highest BCUT2D eigenvalue weighted by atomic mass is 19.1. The van der Waals surface area contributed by atoms with E-state index in [4.69, 9.17) is 0 Å². The Labute approximate surface area is 83.8 Å². The molecule has 14 heavy (non-hydrogen) atoms. The summed E-state index contributed by atoms with van der Waals surface area (Å²) in [5, 5.41) is 3.16. The van der Waals surface area contributed by atoms with Crippen LogP contribution < -0.4 is 5.32 Å². The molecule has 0 bridgehead atoms. The molecule has 1 N–H and O–H groups in total. The van der Waals surface area contributed by atoms with Gasteiger partial charge in [-0.3, -0.25) is 0 Å². The van der Waals surface area contributed by atoms with Gasteiger partial charge in [0, 0.05) is 5.54 Å². The first kappa shape index (κ1) is 10.9. The zero-order valence-electron chi connectivity index (χ0n) is 8.84. The average molecular weight is 197 g/mol. The fraction of sp³-hybridized carbons (Fsp3) is 0.600. The number of hydrogen-bond donors (Lipinski definition) is 1. The van der Waals surface area contributed by atoms with Crippen molar-refractivity contribution in [3.05, 3.63) is 18.2 Å². The molecule has 0 amide bonds. The van der Waals surface area contributed by atoms with Gasteiger partial charge in [0.2, 0.25) is 5.95 Å². The summed E-state index contributed by atoms with van der Waals surface area (Å²) in [5.41, 5.74) is -0.0490. The molecule has 0 saturated heterocycles. The Kier molecular flexibility index (Phi) is 3.38. The van der Waals surface area contributed by atoms with Gasteiger partial charge in [0.05, 0.1) is 12.4 Å². The van der Waals surface area contributed by atoms with Crippen molar-refractivity contribution in [3.63, 3.8) is 0 Å². The van der Waals surface area contributed by atoms with Crippen LogP contribution in [0.4, 0.5) is 10.3 Å². The number of anilines is 1. The molecule has 1 heterocycles. The Hall–Kier alpha value is -1.19. The van der Waals surface area contributed by atoms with Crippen LogP contribution in [0.5, 0.6) is 0 Å². The highest BCUT2D eigenvalue weighted by molar-refractivity contribution is 5.26. The molecule has 1 rings (SSSR count). The normalized spacial score (nSPS) is 11.4. The first-order valence-corrected chi connectivity index (χ1v) is 4.79. The second-order valence-electron chi connectivity index (χ2n) is 3.98. The molecule has 0 aliphatic rings. The van der Waals surface area contributed by atoms with Crippen molar-refractivity contribution in [1.29, 1.82) is 0 Å². The lowest BCUT2D eigenvalue weighted by Crippen LogP contribution is -2.31. The maximum Gasteiger partial charge on any atom is 0.223 e. The molecule has 0 aliphatic carbocycles. The SMILES string of the molecule is CCCC(C)(C)Nc1ncc(F)cn1. The van der Waals surface area contributed by atoms with E-state index in [0.717, 1.165) is 25.2 Å². The summed E-state index contributed by atoms with van der Waals surface area (Å²) >= 11 is 0. The third kappa shape index (κ3) is 3.28. The lowest BCUT2D eigenvalue weighted by molar-refractivity contribution is 0.505. The Morgan fingerprint density at radius 3 is 2.43 bits per heavy atom. The van der Waals surface area contributed by atoms with Crippen molar-refractivity contribution in [2.24, 2.45) is 0 Å². The summed E-state index contributed by atoms with van der Waals surface area (Å²) in [7, 11) is 0. The van der Waals surface area contributed by atoms with Crippen molar-refractivity contribution in [1.82, 2.24) is 9.97 Å². The van der Waals surface area contributed by atoms with Crippen LogP contribution in [0, 0.1) is 5.82 Å². The lowest BCUT2D eigenvalue weighted by atomic mass is 9.99. The third-order valence-electron chi connectivity index (χ3n) is 1.95. The van der Waals surface area contributed by atoms with Crippen LogP contribution in [0.2, 0.25) is 0 Å². The van der Waals surface area contributed by atoms with Crippen molar-refractivity contribution in [2.45, 2.75) is 39.2 Å². The van der Waals surface area contributed by atoms with Gasteiger partial charge in [0.25, 0.3) is 0 Å². The second-order valence-corrected chi connectivity index (χ2v) is 3.98. The standard InChI is InChI=1S/C10H16FN3/c1-4-5-10(2,3)14-9-12-6-8(11)7-13-9/h6-7H,4-5H2,1-3H3,(H,12,13,14). The Bertz CT molecular complexity index is 282. The Morgan fingerprint density at radius 2 is 1.93 bits per heavy atom. The van der Waals surface area contributed by atoms with Gasteiger partial charge in [0.1, 0.15) is 0 Å². The van der Waals surface area contributed by atoms with Gasteiger partial charge in [-0.2, -0.15) is 0 Å². The first-order valence-electron chi connectivity index (χ1n) is 4.79. The van der Waals surface area contributed by atoms with Gasteiger partial charge < -0.3 is 5.32 Å². The second kappa shape index (κ2) is 4.35. The zero-order valence-corrected chi connectivity index (χ0v) is 8.84. The van der Waals surface area contributed by atoms with E-state index in [9.17, 15) is 4.39 Å². The highest BCUT2D eigenvalue weighted by Crippen LogP contribution is 2.16. The van der Waals surface area contributed by atoms with Gasteiger partial charge in [0.15, 0.2) is 5.82 Å². The maximum absolute atomic E-state index is 12.5. The van der Waals surface area contributed by atoms with E-state index in [1.807, 2.05) is 0 Å². The van der Waals surface area contributed by atoms with E-state index in [0.29, 0.717) is 5.95 Å². The van der Waals surface area contributed by atoms with Crippen LogP contribution in [0.3, 0.4) is 0 Å². The summed E-state index contributed by atoms with van der Waals surface area (Å²) in [6.45, 7) is 6.27. The summed E-state index contributed by atoms with van der Waals surface area (Å²) in [6, 6.07) is 0. The van der Waals surface area contributed by atoms with Crippen molar-refractivity contribution in [2.75, 3.05) is 5.32 Å². The Balaban J connectivity index is 2.64. The van der Waals surface area contributed by atoms with Gasteiger partial charge in [-0.15, -0.1) is 0 Å². The summed E-state index contributed by atoms with van der Waals surface area (Å²) < 4.78 is 12.5. The molecule has 0 saturated carbocycles. The smallest absolute Gasteiger partial charge is 0.223 e. The van der Waals surface area contributed by atoms with E-state index in [-0.39, 0.29) is 5.54 Å². The minimum absolute atomic E-state index is 0.0490. The molecule has 3 nitrogen and oxygen atoms in total. The predicted molar refractivity (Wildman–Crippen MR) is 54.6 cm³/mol. The maximum atomic E-state index is 12.5. The van der Waals surface area contributed by atoms with E-state index >= 15 is 0 Å². The number of halogens is 1. The van der Waals surface area contributed by atoms with Gasteiger partial charge >= 0.3 is 0 Å². The van der Waals surface area contributed by atoms with Gasteiger partial charge in [-0.1, -0.05) is 13.3 Å². The molecule has 0 radical (unpaired) electrons. The van der Waals surface area contributed by atoms with E-state index < -0.39 is 5.82 Å². The highest BCUT2D eigenvalue weighted by Gasteiger charge is 2.16. The van der Waals surface area contributed by atoms with Gasteiger partial charge in [-0.05, 0) is 20.3 Å². The van der Waals surface area contributed by atoms with Crippen molar-refractivity contribution in [3.8, 4) is 0 Å². The fourth-order valence-electron chi connectivity index (χ4n) is 1.37. The van der Waals surface area contributed by atoms with Crippen molar-refractivity contribution >= 4 is 5.95 Å². The minimum atomic E-state index is -0.413. The molecule has 0 aromatic carbocycles. The number of nitrogens with zero attached hydrogens (tertiary/aromatic N) is 2. The van der Waals surface area contributed by atoms with Crippen LogP contribution in [0.25, 0.3) is 0 Å². The van der Waals surface area contributed by atoms with E-state index in [2.05, 4.69) is 36.1 Å². The molecule has 0 aliphatic heterocycles. The quantitative estimate of drug-likeness (QED) is 0.806. The number of aromatic nitrogens is 2. The van der Waals surface area contributed by atoms with Crippen molar-refractivity contribution < 1.29 is 4.39 Å². The lowest BCUT2D eigenvalue weighted by Gasteiger charge is -2.25. The average Bonchev–Trinajstić information content (AvgIpc) is 2.08.